The van der Waals surface area contributed by atoms with Crippen molar-refractivity contribution in [2.24, 2.45) is 5.41 Å². The predicted octanol–water partition coefficient (Wildman–Crippen LogP) is 9.84. The molecular weight excluding hydrogens is 436 g/mol. The summed E-state index contributed by atoms with van der Waals surface area (Å²) >= 11 is 1.93. The van der Waals surface area contributed by atoms with Crippen molar-refractivity contribution in [2.45, 2.75) is 118 Å². The van der Waals surface area contributed by atoms with E-state index in [-0.39, 0.29) is 15.9 Å². The minimum atomic E-state index is -1.68. The zero-order valence-corrected chi connectivity index (χ0v) is 25.3. The first kappa shape index (κ1) is 28.3. The first-order valence-electron chi connectivity index (χ1n) is 13.0. The van der Waals surface area contributed by atoms with E-state index in [9.17, 15) is 0 Å². The van der Waals surface area contributed by atoms with E-state index in [4.69, 9.17) is 4.43 Å². The van der Waals surface area contributed by atoms with Crippen LogP contribution in [0, 0.1) is 19.3 Å². The van der Waals surface area contributed by atoms with Crippen LogP contribution < -0.4 is 0 Å². The van der Waals surface area contributed by atoms with Gasteiger partial charge in [0.2, 0.25) is 0 Å². The molecule has 0 saturated heterocycles. The van der Waals surface area contributed by atoms with Crippen molar-refractivity contribution in [1.29, 1.82) is 0 Å². The Morgan fingerprint density at radius 3 is 2.06 bits per heavy atom. The SMILES string of the molecule is CCC(CC)(c1ccc(CCCC(C)(C)CO[Si](C)(C)C(C)(C)C)c(C)c1)c1cc(C)cs1. The maximum atomic E-state index is 6.55. The van der Waals surface area contributed by atoms with Gasteiger partial charge in [-0.05, 0) is 103 Å². The molecule has 33 heavy (non-hydrogen) atoms. The topological polar surface area (TPSA) is 9.23 Å². The molecule has 1 aromatic carbocycles. The van der Waals surface area contributed by atoms with Gasteiger partial charge in [-0.25, -0.2) is 0 Å². The number of hydrogen-bond donors (Lipinski definition) is 0. The van der Waals surface area contributed by atoms with Crippen molar-refractivity contribution in [3.8, 4) is 0 Å². The van der Waals surface area contributed by atoms with Gasteiger partial charge in [-0.1, -0.05) is 66.7 Å². The van der Waals surface area contributed by atoms with Gasteiger partial charge in [-0.15, -0.1) is 11.3 Å². The molecule has 0 aliphatic rings. The molecule has 0 unspecified atom stereocenters. The number of aryl methyl sites for hydroxylation is 3. The third-order valence-electron chi connectivity index (χ3n) is 8.23. The number of hydrogen-bond acceptors (Lipinski definition) is 2. The summed E-state index contributed by atoms with van der Waals surface area (Å²) < 4.78 is 6.55. The third-order valence-corrected chi connectivity index (χ3v) is 14.0. The van der Waals surface area contributed by atoms with Crippen molar-refractivity contribution in [3.63, 3.8) is 0 Å². The van der Waals surface area contributed by atoms with Crippen LogP contribution in [0.5, 0.6) is 0 Å². The second-order valence-corrected chi connectivity index (χ2v) is 18.2. The first-order chi connectivity index (χ1) is 15.2. The number of benzene rings is 1. The quantitative estimate of drug-likeness (QED) is 0.287. The smallest absolute Gasteiger partial charge is 0.192 e. The Morgan fingerprint density at radius 1 is 0.939 bits per heavy atom. The molecule has 0 radical (unpaired) electrons. The zero-order valence-electron chi connectivity index (χ0n) is 23.4. The van der Waals surface area contributed by atoms with Crippen molar-refractivity contribution in [2.75, 3.05) is 6.61 Å². The molecule has 2 aromatic rings. The molecule has 1 aromatic heterocycles. The van der Waals surface area contributed by atoms with E-state index in [0.29, 0.717) is 0 Å². The van der Waals surface area contributed by atoms with E-state index in [1.807, 2.05) is 11.3 Å². The van der Waals surface area contributed by atoms with Gasteiger partial charge >= 0.3 is 0 Å². The van der Waals surface area contributed by atoms with Crippen LogP contribution in [-0.4, -0.2) is 14.9 Å². The monoisotopic (exact) mass is 486 g/mol. The summed E-state index contributed by atoms with van der Waals surface area (Å²) in [5.74, 6) is 0. The minimum absolute atomic E-state index is 0.144. The lowest BCUT2D eigenvalue weighted by atomic mass is 9.73. The lowest BCUT2D eigenvalue weighted by molar-refractivity contribution is 0.153. The summed E-state index contributed by atoms with van der Waals surface area (Å²) in [6.07, 6.45) is 5.85. The van der Waals surface area contributed by atoms with Gasteiger partial charge < -0.3 is 4.43 Å². The second kappa shape index (κ2) is 10.8. The number of thiophene rings is 1. The van der Waals surface area contributed by atoms with E-state index >= 15 is 0 Å². The molecular formula is C30H50OSSi. The van der Waals surface area contributed by atoms with Crippen molar-refractivity contribution >= 4 is 19.7 Å². The van der Waals surface area contributed by atoms with Crippen molar-refractivity contribution in [3.05, 3.63) is 56.8 Å². The molecule has 0 aliphatic heterocycles. The average molecular weight is 487 g/mol. The average Bonchev–Trinajstić information content (AvgIpc) is 3.15. The van der Waals surface area contributed by atoms with E-state index in [1.165, 1.54) is 40.0 Å². The third kappa shape index (κ3) is 6.83. The van der Waals surface area contributed by atoms with Crippen LogP contribution in [0.4, 0.5) is 0 Å². The molecule has 2 rings (SSSR count). The predicted molar refractivity (Wildman–Crippen MR) is 151 cm³/mol. The minimum Gasteiger partial charge on any atom is -0.416 e. The Bertz CT molecular complexity index is 896. The van der Waals surface area contributed by atoms with Crippen LogP contribution in [0.1, 0.15) is 101 Å². The summed E-state index contributed by atoms with van der Waals surface area (Å²) in [5, 5.41) is 2.57. The fraction of sp³-hybridized carbons (Fsp3) is 0.667. The highest BCUT2D eigenvalue weighted by atomic mass is 32.1. The molecule has 1 nitrogen and oxygen atoms in total. The molecule has 0 N–H and O–H groups in total. The molecule has 0 fully saturated rings. The largest absolute Gasteiger partial charge is 0.416 e. The summed E-state index contributed by atoms with van der Waals surface area (Å²) in [6, 6.07) is 9.69. The highest BCUT2D eigenvalue weighted by Gasteiger charge is 2.38. The molecule has 0 saturated carbocycles. The summed E-state index contributed by atoms with van der Waals surface area (Å²) in [5.41, 5.74) is 6.19. The maximum absolute atomic E-state index is 6.55. The fourth-order valence-corrected chi connectivity index (χ4v) is 6.98. The number of rotatable bonds is 11. The van der Waals surface area contributed by atoms with E-state index in [2.05, 4.69) is 105 Å². The molecule has 3 heteroatoms. The van der Waals surface area contributed by atoms with Gasteiger partial charge in [-0.2, -0.15) is 0 Å². The summed E-state index contributed by atoms with van der Waals surface area (Å²) in [7, 11) is -1.68. The van der Waals surface area contributed by atoms with E-state index in [1.54, 1.807) is 0 Å². The normalized spacial score (nSPS) is 13.5. The maximum Gasteiger partial charge on any atom is 0.192 e. The van der Waals surface area contributed by atoms with Gasteiger partial charge in [0, 0.05) is 16.9 Å². The lowest BCUT2D eigenvalue weighted by Crippen LogP contribution is -2.43. The van der Waals surface area contributed by atoms with Crippen molar-refractivity contribution < 1.29 is 4.43 Å². The van der Waals surface area contributed by atoms with Crippen LogP contribution in [-0.2, 0) is 16.3 Å². The molecule has 0 amide bonds. The van der Waals surface area contributed by atoms with Gasteiger partial charge in [0.05, 0.1) is 0 Å². The van der Waals surface area contributed by atoms with Crippen LogP contribution in [0.25, 0.3) is 0 Å². The van der Waals surface area contributed by atoms with Crippen LogP contribution in [0.3, 0.4) is 0 Å². The van der Waals surface area contributed by atoms with Crippen LogP contribution in [0.15, 0.2) is 29.6 Å². The summed E-state index contributed by atoms with van der Waals surface area (Å²) in [6.45, 7) is 26.5. The molecule has 0 atom stereocenters. The highest BCUT2D eigenvalue weighted by molar-refractivity contribution is 7.10. The lowest BCUT2D eigenvalue weighted by Gasteiger charge is -2.39. The summed E-state index contributed by atoms with van der Waals surface area (Å²) in [4.78, 5) is 1.51. The standard InChI is InChI=1S/C30H50OSSi/c1-12-30(13-2,27-19-23(3)21-32-27)26-17-16-25(24(4)20-26)15-14-18-29(8,9)22-31-33(10,11)28(5,6)7/h16-17,19-21H,12-15,18,22H2,1-11H3. The Morgan fingerprint density at radius 2 is 1.58 bits per heavy atom. The molecule has 186 valence electrons. The van der Waals surface area contributed by atoms with Crippen LogP contribution >= 0.6 is 11.3 Å². The molecule has 1 heterocycles. The van der Waals surface area contributed by atoms with E-state index in [0.717, 1.165) is 25.9 Å². The Kier molecular flexibility index (Phi) is 9.26. The van der Waals surface area contributed by atoms with Gasteiger partial charge in [0.25, 0.3) is 0 Å². The Balaban J connectivity index is 2.06. The molecule has 0 spiro atoms. The fourth-order valence-electron chi connectivity index (χ4n) is 4.53. The zero-order chi connectivity index (χ0) is 25.1. The van der Waals surface area contributed by atoms with E-state index < -0.39 is 8.32 Å². The van der Waals surface area contributed by atoms with Gasteiger partial charge in [0.1, 0.15) is 0 Å². The van der Waals surface area contributed by atoms with Gasteiger partial charge in [0.15, 0.2) is 8.32 Å². The molecule has 0 bridgehead atoms. The first-order valence-corrected chi connectivity index (χ1v) is 16.8. The van der Waals surface area contributed by atoms with Crippen LogP contribution in [0.2, 0.25) is 18.1 Å². The van der Waals surface area contributed by atoms with Crippen molar-refractivity contribution in [1.82, 2.24) is 0 Å². The molecule has 0 aliphatic carbocycles. The second-order valence-electron chi connectivity index (χ2n) is 12.5. The van der Waals surface area contributed by atoms with Gasteiger partial charge in [-0.3, -0.25) is 0 Å². The Labute approximate surface area is 210 Å². The highest BCUT2D eigenvalue weighted by Crippen LogP contribution is 2.42. The Hall–Kier alpha value is -0.903.